The SMILES string of the molecule is Cc1ccc(N2C(=O)C(=O)/C(=C(/O)c3ccc(OC(C)C)cc3)C2c2c[nH]c3ccccc23)cc1. The Hall–Kier alpha value is -4.32. The maximum absolute atomic E-state index is 13.4. The number of aryl methyl sites for hydroxylation is 1. The molecule has 1 saturated heterocycles. The van der Waals surface area contributed by atoms with Crippen molar-refractivity contribution in [3.8, 4) is 5.75 Å². The van der Waals surface area contributed by atoms with Crippen LogP contribution in [0, 0.1) is 6.92 Å². The lowest BCUT2D eigenvalue weighted by Crippen LogP contribution is -2.29. The summed E-state index contributed by atoms with van der Waals surface area (Å²) in [5, 5.41) is 12.2. The third kappa shape index (κ3) is 3.97. The maximum Gasteiger partial charge on any atom is 0.300 e. The van der Waals surface area contributed by atoms with E-state index in [1.165, 1.54) is 4.90 Å². The number of hydrogen-bond donors (Lipinski definition) is 2. The molecule has 2 heterocycles. The number of ketones is 1. The molecule has 35 heavy (non-hydrogen) atoms. The Bertz CT molecular complexity index is 1450. The predicted octanol–water partition coefficient (Wildman–Crippen LogP) is 5.89. The minimum Gasteiger partial charge on any atom is -0.507 e. The second-order valence-electron chi connectivity index (χ2n) is 8.99. The van der Waals surface area contributed by atoms with Gasteiger partial charge in [-0.15, -0.1) is 0 Å². The number of aliphatic hydroxyl groups is 1. The van der Waals surface area contributed by atoms with Crippen molar-refractivity contribution in [2.45, 2.75) is 32.9 Å². The van der Waals surface area contributed by atoms with Gasteiger partial charge >= 0.3 is 0 Å². The zero-order valence-corrected chi connectivity index (χ0v) is 19.8. The molecule has 0 saturated carbocycles. The van der Waals surface area contributed by atoms with Gasteiger partial charge in [-0.25, -0.2) is 0 Å². The van der Waals surface area contributed by atoms with Gasteiger partial charge in [-0.3, -0.25) is 14.5 Å². The number of hydrogen-bond acceptors (Lipinski definition) is 4. The van der Waals surface area contributed by atoms with E-state index in [-0.39, 0.29) is 17.4 Å². The second-order valence-corrected chi connectivity index (χ2v) is 8.99. The molecule has 0 spiro atoms. The summed E-state index contributed by atoms with van der Waals surface area (Å²) >= 11 is 0. The Morgan fingerprint density at radius 3 is 2.34 bits per heavy atom. The molecule has 0 bridgehead atoms. The fourth-order valence-electron chi connectivity index (χ4n) is 4.54. The van der Waals surface area contributed by atoms with Gasteiger partial charge < -0.3 is 14.8 Å². The van der Waals surface area contributed by atoms with Crippen molar-refractivity contribution in [3.05, 3.63) is 101 Å². The molecular weight excluding hydrogens is 440 g/mol. The molecule has 176 valence electrons. The summed E-state index contributed by atoms with van der Waals surface area (Å²) < 4.78 is 5.69. The van der Waals surface area contributed by atoms with E-state index >= 15 is 0 Å². The van der Waals surface area contributed by atoms with E-state index in [1.54, 1.807) is 30.5 Å². The second kappa shape index (κ2) is 8.80. The van der Waals surface area contributed by atoms with Crippen LogP contribution in [0.4, 0.5) is 5.69 Å². The van der Waals surface area contributed by atoms with Crippen LogP contribution < -0.4 is 9.64 Å². The largest absolute Gasteiger partial charge is 0.507 e. The average molecular weight is 467 g/mol. The number of ether oxygens (including phenoxy) is 1. The van der Waals surface area contributed by atoms with Crippen molar-refractivity contribution in [2.24, 2.45) is 0 Å². The zero-order valence-electron chi connectivity index (χ0n) is 19.8. The molecule has 1 amide bonds. The Morgan fingerprint density at radius 1 is 0.971 bits per heavy atom. The van der Waals surface area contributed by atoms with E-state index < -0.39 is 17.7 Å². The van der Waals surface area contributed by atoms with Crippen LogP contribution >= 0.6 is 0 Å². The number of Topliss-reactive ketones (excluding diaryl/α,β-unsaturated/α-hetero) is 1. The number of benzene rings is 3. The summed E-state index contributed by atoms with van der Waals surface area (Å²) in [5.41, 5.74) is 3.74. The highest BCUT2D eigenvalue weighted by Crippen LogP contribution is 2.44. The van der Waals surface area contributed by atoms with Crippen molar-refractivity contribution in [1.29, 1.82) is 0 Å². The number of nitrogens with zero attached hydrogens (tertiary/aromatic N) is 1. The van der Waals surface area contributed by atoms with Crippen molar-refractivity contribution in [2.75, 3.05) is 4.90 Å². The summed E-state index contributed by atoms with van der Waals surface area (Å²) in [7, 11) is 0. The van der Waals surface area contributed by atoms with Crippen LogP contribution in [0.5, 0.6) is 5.75 Å². The number of carbonyl (C=O) groups excluding carboxylic acids is 2. The lowest BCUT2D eigenvalue weighted by molar-refractivity contribution is -0.132. The molecule has 1 unspecified atom stereocenters. The number of rotatable bonds is 5. The zero-order chi connectivity index (χ0) is 24.7. The number of amides is 1. The number of carbonyl (C=O) groups is 2. The normalized spacial score (nSPS) is 17.5. The van der Waals surface area contributed by atoms with Gasteiger partial charge in [0, 0.05) is 33.9 Å². The Balaban J connectivity index is 1.69. The van der Waals surface area contributed by atoms with Crippen molar-refractivity contribution < 1.29 is 19.4 Å². The van der Waals surface area contributed by atoms with E-state index in [2.05, 4.69) is 4.98 Å². The maximum atomic E-state index is 13.4. The van der Waals surface area contributed by atoms with E-state index in [9.17, 15) is 14.7 Å². The number of aromatic nitrogens is 1. The number of anilines is 1. The number of para-hydroxylation sites is 1. The lowest BCUT2D eigenvalue weighted by Gasteiger charge is -2.25. The standard InChI is InChI=1S/C29H26N2O4/c1-17(2)35-21-14-10-19(11-15-21)27(32)25-26(23-16-30-24-7-5-4-6-22(23)24)31(29(34)28(25)33)20-12-8-18(3)9-13-20/h4-17,26,30,32H,1-3H3/b27-25+. The molecule has 6 nitrogen and oxygen atoms in total. The van der Waals surface area contributed by atoms with Crippen LogP contribution in [0.2, 0.25) is 0 Å². The van der Waals surface area contributed by atoms with Crippen molar-refractivity contribution >= 4 is 34.0 Å². The number of aromatic amines is 1. The first-order valence-corrected chi connectivity index (χ1v) is 11.6. The first-order chi connectivity index (χ1) is 16.8. The van der Waals surface area contributed by atoms with Crippen LogP contribution in [0.25, 0.3) is 16.7 Å². The van der Waals surface area contributed by atoms with Gasteiger partial charge in [0.25, 0.3) is 11.7 Å². The molecule has 2 N–H and O–H groups in total. The summed E-state index contributed by atoms with van der Waals surface area (Å²) in [6, 6.07) is 21.2. The summed E-state index contributed by atoms with van der Waals surface area (Å²) in [4.78, 5) is 31.4. The van der Waals surface area contributed by atoms with Gasteiger partial charge in [0.05, 0.1) is 17.7 Å². The van der Waals surface area contributed by atoms with E-state index in [4.69, 9.17) is 4.74 Å². The number of H-pyrrole nitrogens is 1. The molecule has 6 heteroatoms. The minimum atomic E-state index is -0.791. The fraction of sp³-hybridized carbons (Fsp3) is 0.172. The first kappa shape index (κ1) is 22.5. The Kier molecular flexibility index (Phi) is 5.65. The molecule has 4 aromatic rings. The molecule has 1 aliphatic heterocycles. The molecule has 3 aromatic carbocycles. The highest BCUT2D eigenvalue weighted by atomic mass is 16.5. The van der Waals surface area contributed by atoms with Gasteiger partial charge in [-0.05, 0) is 63.2 Å². The van der Waals surface area contributed by atoms with E-state index in [1.807, 2.05) is 69.3 Å². The van der Waals surface area contributed by atoms with Crippen LogP contribution in [0.3, 0.4) is 0 Å². The van der Waals surface area contributed by atoms with Crippen molar-refractivity contribution in [1.82, 2.24) is 4.98 Å². The number of fused-ring (bicyclic) bond motifs is 1. The number of nitrogens with one attached hydrogen (secondary N) is 1. The van der Waals surface area contributed by atoms with Crippen LogP contribution in [0.1, 0.15) is 36.6 Å². The summed E-state index contributed by atoms with van der Waals surface area (Å²) in [6.07, 6.45) is 1.81. The molecule has 5 rings (SSSR count). The van der Waals surface area contributed by atoms with Gasteiger partial charge in [-0.1, -0.05) is 35.9 Å². The van der Waals surface area contributed by atoms with Gasteiger partial charge in [0.1, 0.15) is 11.5 Å². The molecular formula is C29H26N2O4. The molecule has 1 aliphatic rings. The Labute approximate surface area is 203 Å². The third-order valence-electron chi connectivity index (χ3n) is 6.17. The molecule has 0 radical (unpaired) electrons. The molecule has 0 aliphatic carbocycles. The van der Waals surface area contributed by atoms with E-state index in [0.29, 0.717) is 17.0 Å². The lowest BCUT2D eigenvalue weighted by atomic mass is 9.94. The van der Waals surface area contributed by atoms with Gasteiger partial charge in [-0.2, -0.15) is 0 Å². The third-order valence-corrected chi connectivity index (χ3v) is 6.17. The van der Waals surface area contributed by atoms with E-state index in [0.717, 1.165) is 22.0 Å². The highest BCUT2D eigenvalue weighted by Gasteiger charge is 2.47. The highest BCUT2D eigenvalue weighted by molar-refractivity contribution is 6.51. The topological polar surface area (TPSA) is 82.6 Å². The fourth-order valence-corrected chi connectivity index (χ4v) is 4.54. The van der Waals surface area contributed by atoms with Crippen LogP contribution in [-0.2, 0) is 9.59 Å². The van der Waals surface area contributed by atoms with Gasteiger partial charge in [0.15, 0.2) is 0 Å². The quantitative estimate of drug-likeness (QED) is 0.218. The molecule has 1 atom stereocenters. The predicted molar refractivity (Wildman–Crippen MR) is 136 cm³/mol. The number of aliphatic hydroxyl groups excluding tert-OH is 1. The van der Waals surface area contributed by atoms with Crippen molar-refractivity contribution in [3.63, 3.8) is 0 Å². The van der Waals surface area contributed by atoms with Crippen LogP contribution in [0.15, 0.2) is 84.6 Å². The van der Waals surface area contributed by atoms with Gasteiger partial charge in [0.2, 0.25) is 0 Å². The monoisotopic (exact) mass is 466 g/mol. The minimum absolute atomic E-state index is 0.0103. The average Bonchev–Trinajstić information content (AvgIpc) is 3.38. The summed E-state index contributed by atoms with van der Waals surface area (Å²) in [5.74, 6) is -0.958. The Morgan fingerprint density at radius 2 is 1.66 bits per heavy atom. The molecule has 1 aromatic heterocycles. The smallest absolute Gasteiger partial charge is 0.300 e. The summed E-state index contributed by atoms with van der Waals surface area (Å²) in [6.45, 7) is 5.82. The van der Waals surface area contributed by atoms with Crippen LogP contribution in [-0.4, -0.2) is 27.9 Å². The molecule has 1 fully saturated rings. The first-order valence-electron chi connectivity index (χ1n) is 11.6.